The predicted molar refractivity (Wildman–Crippen MR) is 69.1 cm³/mol. The van der Waals surface area contributed by atoms with Crippen molar-refractivity contribution in [1.82, 2.24) is 9.97 Å². The number of hydrogen-bond donors (Lipinski definition) is 2. The summed E-state index contributed by atoms with van der Waals surface area (Å²) < 4.78 is 0. The second kappa shape index (κ2) is 4.51. The van der Waals surface area contributed by atoms with Gasteiger partial charge < -0.3 is 10.6 Å². The Labute approximate surface area is 102 Å². The van der Waals surface area contributed by atoms with E-state index in [1.807, 2.05) is 12.3 Å². The molecule has 1 aromatic rings. The van der Waals surface area contributed by atoms with Gasteiger partial charge in [0.15, 0.2) is 0 Å². The highest BCUT2D eigenvalue weighted by atomic mass is 15.1. The Bertz CT molecular complexity index is 373. The van der Waals surface area contributed by atoms with Crippen LogP contribution >= 0.6 is 0 Å². The van der Waals surface area contributed by atoms with E-state index in [2.05, 4.69) is 27.5 Å². The first kappa shape index (κ1) is 10.8. The fourth-order valence-corrected chi connectivity index (χ4v) is 2.38. The van der Waals surface area contributed by atoms with Gasteiger partial charge in [0.1, 0.15) is 5.82 Å². The fourth-order valence-electron chi connectivity index (χ4n) is 2.38. The van der Waals surface area contributed by atoms with Crippen LogP contribution in [0.1, 0.15) is 32.6 Å². The molecular weight excluding hydrogens is 212 g/mol. The van der Waals surface area contributed by atoms with E-state index in [1.165, 1.54) is 25.7 Å². The Hall–Kier alpha value is -1.32. The molecule has 0 bridgehead atoms. The molecule has 92 valence electrons. The van der Waals surface area contributed by atoms with Crippen LogP contribution in [0.5, 0.6) is 0 Å². The Morgan fingerprint density at radius 1 is 1.29 bits per heavy atom. The zero-order valence-electron chi connectivity index (χ0n) is 10.3. The summed E-state index contributed by atoms with van der Waals surface area (Å²) >= 11 is 0. The highest BCUT2D eigenvalue weighted by Crippen LogP contribution is 2.45. The Morgan fingerprint density at radius 2 is 2.00 bits per heavy atom. The van der Waals surface area contributed by atoms with Gasteiger partial charge in [-0.2, -0.15) is 4.98 Å². The third-order valence-electron chi connectivity index (χ3n) is 3.56. The van der Waals surface area contributed by atoms with Crippen molar-refractivity contribution in [3.8, 4) is 0 Å². The molecule has 2 saturated carbocycles. The molecule has 0 aliphatic heterocycles. The average molecular weight is 232 g/mol. The van der Waals surface area contributed by atoms with Crippen molar-refractivity contribution in [2.45, 2.75) is 38.6 Å². The summed E-state index contributed by atoms with van der Waals surface area (Å²) in [7, 11) is 0. The zero-order valence-corrected chi connectivity index (χ0v) is 10.3. The maximum Gasteiger partial charge on any atom is 0.224 e. The van der Waals surface area contributed by atoms with Crippen LogP contribution in [-0.2, 0) is 0 Å². The van der Waals surface area contributed by atoms with E-state index in [1.54, 1.807) is 0 Å². The SMILES string of the molecule is CCNc1nccc(NC(C2CC2)C2CC2)n1. The topological polar surface area (TPSA) is 49.8 Å². The van der Waals surface area contributed by atoms with Gasteiger partial charge >= 0.3 is 0 Å². The number of rotatable bonds is 6. The first-order valence-electron chi connectivity index (χ1n) is 6.70. The summed E-state index contributed by atoms with van der Waals surface area (Å²) in [5, 5.41) is 6.76. The lowest BCUT2D eigenvalue weighted by Gasteiger charge is -2.18. The van der Waals surface area contributed by atoms with Gasteiger partial charge in [-0.05, 0) is 50.5 Å². The van der Waals surface area contributed by atoms with Crippen LogP contribution in [0.25, 0.3) is 0 Å². The molecular formula is C13H20N4. The van der Waals surface area contributed by atoms with Crippen molar-refractivity contribution in [3.05, 3.63) is 12.3 Å². The third-order valence-corrected chi connectivity index (χ3v) is 3.56. The maximum absolute atomic E-state index is 4.49. The summed E-state index contributed by atoms with van der Waals surface area (Å²) in [5.41, 5.74) is 0. The molecule has 1 aromatic heterocycles. The van der Waals surface area contributed by atoms with Crippen molar-refractivity contribution >= 4 is 11.8 Å². The molecule has 0 amide bonds. The molecule has 17 heavy (non-hydrogen) atoms. The van der Waals surface area contributed by atoms with Gasteiger partial charge in [0.25, 0.3) is 0 Å². The Balaban J connectivity index is 1.67. The van der Waals surface area contributed by atoms with E-state index < -0.39 is 0 Å². The number of nitrogens with one attached hydrogen (secondary N) is 2. The first-order valence-corrected chi connectivity index (χ1v) is 6.70. The maximum atomic E-state index is 4.49. The van der Waals surface area contributed by atoms with Gasteiger partial charge in [0.2, 0.25) is 5.95 Å². The molecule has 0 unspecified atom stereocenters. The van der Waals surface area contributed by atoms with Gasteiger partial charge in [0.05, 0.1) is 0 Å². The van der Waals surface area contributed by atoms with Gasteiger partial charge in [-0.3, -0.25) is 0 Å². The van der Waals surface area contributed by atoms with Crippen LogP contribution in [-0.4, -0.2) is 22.6 Å². The molecule has 0 radical (unpaired) electrons. The third kappa shape index (κ3) is 2.68. The van der Waals surface area contributed by atoms with E-state index in [9.17, 15) is 0 Å². The zero-order chi connectivity index (χ0) is 11.7. The van der Waals surface area contributed by atoms with Crippen LogP contribution in [0.4, 0.5) is 11.8 Å². The van der Waals surface area contributed by atoms with E-state index in [4.69, 9.17) is 0 Å². The van der Waals surface area contributed by atoms with Crippen molar-refractivity contribution in [2.24, 2.45) is 11.8 Å². The summed E-state index contributed by atoms with van der Waals surface area (Å²) in [6, 6.07) is 2.62. The number of nitrogens with zero attached hydrogens (tertiary/aromatic N) is 2. The minimum absolute atomic E-state index is 0.652. The van der Waals surface area contributed by atoms with Gasteiger partial charge in [-0.1, -0.05) is 0 Å². The second-order valence-electron chi connectivity index (χ2n) is 5.14. The molecule has 0 aromatic carbocycles. The molecule has 0 atom stereocenters. The highest BCUT2D eigenvalue weighted by Gasteiger charge is 2.41. The molecule has 4 nitrogen and oxygen atoms in total. The molecule has 2 fully saturated rings. The monoisotopic (exact) mass is 232 g/mol. The first-order chi connectivity index (χ1) is 8.36. The normalized spacial score (nSPS) is 19.4. The van der Waals surface area contributed by atoms with E-state index >= 15 is 0 Å². The van der Waals surface area contributed by atoms with Crippen molar-refractivity contribution in [3.63, 3.8) is 0 Å². The van der Waals surface area contributed by atoms with Crippen LogP contribution in [0.2, 0.25) is 0 Å². The fraction of sp³-hybridized carbons (Fsp3) is 0.692. The molecule has 2 N–H and O–H groups in total. The molecule has 0 spiro atoms. The van der Waals surface area contributed by atoms with Crippen LogP contribution in [0.3, 0.4) is 0 Å². The van der Waals surface area contributed by atoms with E-state index in [0.717, 1.165) is 30.1 Å². The Morgan fingerprint density at radius 3 is 2.59 bits per heavy atom. The molecule has 3 rings (SSSR count). The van der Waals surface area contributed by atoms with Crippen LogP contribution < -0.4 is 10.6 Å². The lowest BCUT2D eigenvalue weighted by atomic mass is 10.1. The van der Waals surface area contributed by atoms with Crippen molar-refractivity contribution in [2.75, 3.05) is 17.2 Å². The minimum Gasteiger partial charge on any atom is -0.367 e. The summed E-state index contributed by atoms with van der Waals surface area (Å²) in [6.07, 6.45) is 7.38. The van der Waals surface area contributed by atoms with Gasteiger partial charge in [-0.25, -0.2) is 4.98 Å². The van der Waals surface area contributed by atoms with Crippen molar-refractivity contribution < 1.29 is 0 Å². The summed E-state index contributed by atoms with van der Waals surface area (Å²) in [6.45, 7) is 2.92. The van der Waals surface area contributed by atoms with Crippen molar-refractivity contribution in [1.29, 1.82) is 0 Å². The Kier molecular flexibility index (Phi) is 2.87. The lowest BCUT2D eigenvalue weighted by Crippen LogP contribution is -2.25. The van der Waals surface area contributed by atoms with Gasteiger partial charge in [0, 0.05) is 18.8 Å². The number of anilines is 2. The largest absolute Gasteiger partial charge is 0.367 e. The second-order valence-corrected chi connectivity index (χ2v) is 5.14. The molecule has 2 aliphatic rings. The molecule has 1 heterocycles. The average Bonchev–Trinajstić information content (AvgIpc) is 3.19. The quantitative estimate of drug-likeness (QED) is 0.791. The van der Waals surface area contributed by atoms with Gasteiger partial charge in [-0.15, -0.1) is 0 Å². The summed E-state index contributed by atoms with van der Waals surface area (Å²) in [4.78, 5) is 8.68. The van der Waals surface area contributed by atoms with E-state index in [-0.39, 0.29) is 0 Å². The minimum atomic E-state index is 0.652. The molecule has 2 aliphatic carbocycles. The predicted octanol–water partition coefficient (Wildman–Crippen LogP) is 2.51. The smallest absolute Gasteiger partial charge is 0.224 e. The standard InChI is InChI=1S/C13H20N4/c1-2-14-13-15-8-7-11(17-13)16-12(9-3-4-9)10-5-6-10/h7-10,12H,2-6H2,1H3,(H2,14,15,16,17). The molecule has 0 saturated heterocycles. The van der Waals surface area contributed by atoms with E-state index in [0.29, 0.717) is 6.04 Å². The number of hydrogen-bond acceptors (Lipinski definition) is 4. The molecule has 4 heteroatoms. The van der Waals surface area contributed by atoms with Crippen LogP contribution in [0, 0.1) is 11.8 Å². The number of aromatic nitrogens is 2. The lowest BCUT2D eigenvalue weighted by molar-refractivity contribution is 0.565. The highest BCUT2D eigenvalue weighted by molar-refractivity contribution is 5.41. The van der Waals surface area contributed by atoms with Crippen LogP contribution in [0.15, 0.2) is 12.3 Å². The summed E-state index contributed by atoms with van der Waals surface area (Å²) in [5.74, 6) is 3.47.